The lowest BCUT2D eigenvalue weighted by Gasteiger charge is -1.79. The van der Waals surface area contributed by atoms with Crippen LogP contribution in [0.15, 0.2) is 0 Å². The summed E-state index contributed by atoms with van der Waals surface area (Å²) in [6.45, 7) is 15.3. The Bertz CT molecular complexity index is 39.2. The second-order valence-electron chi connectivity index (χ2n) is 4.09. The molecule has 0 aromatic heterocycles. The van der Waals surface area contributed by atoms with Crippen LogP contribution in [0.3, 0.4) is 0 Å². The summed E-state index contributed by atoms with van der Waals surface area (Å²) in [7, 11) is 0. The summed E-state index contributed by atoms with van der Waals surface area (Å²) in [4.78, 5) is 0. The minimum Gasteiger partial charge on any atom is -0.0654 e. The average molecular weight is 188 g/mol. The van der Waals surface area contributed by atoms with Gasteiger partial charge in [-0.3, -0.25) is 0 Å². The van der Waals surface area contributed by atoms with Crippen molar-refractivity contribution in [3.8, 4) is 0 Å². The predicted octanol–water partition coefficient (Wildman–Crippen LogP) is 5.67. The van der Waals surface area contributed by atoms with E-state index in [1.807, 2.05) is 0 Å². The second-order valence-corrected chi connectivity index (χ2v) is 4.09. The quantitative estimate of drug-likeness (QED) is 0.535. The molecule has 0 N–H and O–H groups in total. The van der Waals surface area contributed by atoms with Gasteiger partial charge in [-0.2, -0.15) is 0 Å². The van der Waals surface area contributed by atoms with Gasteiger partial charge in [-0.15, -0.1) is 0 Å². The van der Waals surface area contributed by atoms with Crippen LogP contribution >= 0.6 is 0 Å². The molecule has 0 aromatic rings. The summed E-state index contributed by atoms with van der Waals surface area (Å²) >= 11 is 0. The summed E-state index contributed by atoms with van der Waals surface area (Å²) in [5, 5.41) is 0. The lowest BCUT2D eigenvalue weighted by molar-refractivity contribution is 0.737. The summed E-state index contributed by atoms with van der Waals surface area (Å²) in [6, 6.07) is 0. The van der Waals surface area contributed by atoms with E-state index >= 15 is 0 Å². The highest BCUT2D eigenvalue weighted by Crippen LogP contribution is 1.88. The normalized spacial score (nSPS) is 8.31. The van der Waals surface area contributed by atoms with E-state index in [9.17, 15) is 0 Å². The van der Waals surface area contributed by atoms with Crippen LogP contribution in [0.1, 0.15) is 80.6 Å². The number of unbranched alkanes of at least 4 members (excludes halogenated alkanes) is 3. The van der Waals surface area contributed by atoms with Crippen LogP contribution < -0.4 is 0 Å². The maximum atomic E-state index is 2.21. The van der Waals surface area contributed by atoms with Crippen LogP contribution in [-0.4, -0.2) is 0 Å². The molecule has 13 heavy (non-hydrogen) atoms. The van der Waals surface area contributed by atoms with E-state index < -0.39 is 0 Å². The largest absolute Gasteiger partial charge is 0.0654 e. The molecule has 0 atom stereocenters. The number of hydrogen-bond acceptors (Lipinski definition) is 0. The van der Waals surface area contributed by atoms with Gasteiger partial charge in [-0.05, 0) is 5.92 Å². The molecule has 0 fully saturated rings. The third-order valence-corrected chi connectivity index (χ3v) is 1.21. The van der Waals surface area contributed by atoms with Gasteiger partial charge in [-0.1, -0.05) is 80.6 Å². The minimum atomic E-state index is 0.833. The van der Waals surface area contributed by atoms with Crippen molar-refractivity contribution in [3.63, 3.8) is 0 Å². The van der Waals surface area contributed by atoms with Crippen molar-refractivity contribution < 1.29 is 0 Å². The fraction of sp³-hybridized carbons (Fsp3) is 1.00. The van der Waals surface area contributed by atoms with Gasteiger partial charge in [0.15, 0.2) is 0 Å². The van der Waals surface area contributed by atoms with Gasteiger partial charge in [-0.25, -0.2) is 0 Å². The van der Waals surface area contributed by atoms with Crippen molar-refractivity contribution in [2.75, 3.05) is 0 Å². The molecule has 0 rings (SSSR count). The second kappa shape index (κ2) is 22.7. The molecule has 0 bridgehead atoms. The molecule has 0 unspecified atom stereocenters. The SMILES string of the molecule is CC(C)C.CCCC.CCCCC. The maximum absolute atomic E-state index is 2.21. The Morgan fingerprint density at radius 2 is 0.846 bits per heavy atom. The van der Waals surface area contributed by atoms with Crippen LogP contribution in [0.2, 0.25) is 0 Å². The Morgan fingerprint density at radius 3 is 0.846 bits per heavy atom. The number of rotatable bonds is 3. The fourth-order valence-corrected chi connectivity index (χ4v) is 0.354. The molecule has 0 aliphatic heterocycles. The third kappa shape index (κ3) is 133. The summed E-state index contributed by atoms with van der Waals surface area (Å²) in [5.74, 6) is 0.833. The Morgan fingerprint density at radius 1 is 0.615 bits per heavy atom. The molecule has 0 saturated heterocycles. The highest BCUT2D eigenvalue weighted by molar-refractivity contribution is 4.24. The van der Waals surface area contributed by atoms with Crippen LogP contribution in [0, 0.1) is 5.92 Å². The smallest absolute Gasteiger partial charge is 0.0500 e. The summed E-state index contributed by atoms with van der Waals surface area (Å²) in [5.41, 5.74) is 0. The first kappa shape index (κ1) is 18.7. The molecule has 0 saturated carbocycles. The van der Waals surface area contributed by atoms with E-state index in [0.29, 0.717) is 0 Å². The Kier molecular flexibility index (Phi) is 32.7. The van der Waals surface area contributed by atoms with Crippen molar-refractivity contribution in [1.82, 2.24) is 0 Å². The van der Waals surface area contributed by atoms with Crippen molar-refractivity contribution in [2.45, 2.75) is 80.6 Å². The van der Waals surface area contributed by atoms with E-state index in [4.69, 9.17) is 0 Å². The molecule has 0 nitrogen and oxygen atoms in total. The molecule has 0 radical (unpaired) electrons. The molecule has 0 spiro atoms. The van der Waals surface area contributed by atoms with Crippen LogP contribution in [0.4, 0.5) is 0 Å². The zero-order valence-electron chi connectivity index (χ0n) is 11.1. The zero-order valence-corrected chi connectivity index (χ0v) is 11.1. The van der Waals surface area contributed by atoms with Crippen molar-refractivity contribution in [2.24, 2.45) is 5.92 Å². The van der Waals surface area contributed by atoms with Gasteiger partial charge >= 0.3 is 0 Å². The Hall–Kier alpha value is 0. The van der Waals surface area contributed by atoms with Crippen molar-refractivity contribution in [1.29, 1.82) is 0 Å². The Balaban J connectivity index is -0.000000117. The Labute approximate surface area is 87.1 Å². The zero-order chi connectivity index (χ0) is 11.1. The highest BCUT2D eigenvalue weighted by atomic mass is 13.7. The van der Waals surface area contributed by atoms with E-state index in [-0.39, 0.29) is 0 Å². The fourth-order valence-electron chi connectivity index (χ4n) is 0.354. The van der Waals surface area contributed by atoms with E-state index in [1.54, 1.807) is 0 Å². The van der Waals surface area contributed by atoms with Gasteiger partial charge in [0.05, 0.1) is 0 Å². The first-order chi connectivity index (χ1) is 6.06. The van der Waals surface area contributed by atoms with Crippen molar-refractivity contribution >= 4 is 0 Å². The van der Waals surface area contributed by atoms with E-state index in [0.717, 1.165) is 5.92 Å². The predicted molar refractivity (Wildman–Crippen MR) is 66.3 cm³/mol. The van der Waals surface area contributed by atoms with Gasteiger partial charge < -0.3 is 0 Å². The maximum Gasteiger partial charge on any atom is -0.0500 e. The lowest BCUT2D eigenvalue weighted by Crippen LogP contribution is -1.66. The average Bonchev–Trinajstić information content (AvgIpc) is 2.05. The standard InChI is InChI=1S/C5H12.2C4H10/c1-3-5-4-2;1-4(2)3;1-3-4-2/h3-5H2,1-2H3;4H,1-3H3;3-4H2,1-2H3. The van der Waals surface area contributed by atoms with Gasteiger partial charge in [0, 0.05) is 0 Å². The highest BCUT2D eigenvalue weighted by Gasteiger charge is 1.68. The third-order valence-electron chi connectivity index (χ3n) is 1.21. The molecule has 0 aliphatic carbocycles. The first-order valence-corrected chi connectivity index (χ1v) is 6.06. The monoisotopic (exact) mass is 188 g/mol. The molecule has 0 aliphatic rings. The molecule has 0 heterocycles. The van der Waals surface area contributed by atoms with Crippen LogP contribution in [0.5, 0.6) is 0 Å². The first-order valence-electron chi connectivity index (χ1n) is 6.06. The van der Waals surface area contributed by atoms with Gasteiger partial charge in [0.2, 0.25) is 0 Å². The molecule has 0 aromatic carbocycles. The van der Waals surface area contributed by atoms with Gasteiger partial charge in [0.25, 0.3) is 0 Å². The van der Waals surface area contributed by atoms with E-state index in [1.165, 1.54) is 32.1 Å². The minimum absolute atomic E-state index is 0.833. The molecular formula is C13H32. The van der Waals surface area contributed by atoms with Crippen LogP contribution in [-0.2, 0) is 0 Å². The van der Waals surface area contributed by atoms with Gasteiger partial charge in [0.1, 0.15) is 0 Å². The summed E-state index contributed by atoms with van der Waals surface area (Å²) in [6.07, 6.45) is 6.72. The molecule has 0 amide bonds. The molecular weight excluding hydrogens is 156 g/mol. The van der Waals surface area contributed by atoms with E-state index in [2.05, 4.69) is 48.5 Å². The van der Waals surface area contributed by atoms with Crippen LogP contribution in [0.25, 0.3) is 0 Å². The number of hydrogen-bond donors (Lipinski definition) is 0. The summed E-state index contributed by atoms with van der Waals surface area (Å²) < 4.78 is 0. The van der Waals surface area contributed by atoms with Crippen molar-refractivity contribution in [3.05, 3.63) is 0 Å². The molecule has 84 valence electrons. The topological polar surface area (TPSA) is 0 Å². The molecule has 0 heteroatoms. The lowest BCUT2D eigenvalue weighted by atomic mass is 10.3.